The molecule has 4 aliphatic rings. The molecule has 0 bridgehead atoms. The third-order valence-corrected chi connectivity index (χ3v) is 9.13. The average molecular weight is 331 g/mol. The Morgan fingerprint density at radius 3 is 2.50 bits per heavy atom. The minimum atomic E-state index is -0.786. The van der Waals surface area contributed by atoms with Crippen LogP contribution in [-0.4, -0.2) is 11.1 Å². The van der Waals surface area contributed by atoms with Crippen molar-refractivity contribution in [3.63, 3.8) is 0 Å². The number of carboxylic acid groups (broad SMARTS) is 1. The SMILES string of the molecule is C[C@]12CC[C@H]3[C@@H](CCC4CCCC[C@@]43C)[C@@H]1CC[C@@H]2C=CC(=O)O. The molecule has 7 atom stereocenters. The predicted octanol–water partition coefficient (Wildman–Crippen LogP) is 5.68. The second-order valence-electron chi connectivity index (χ2n) is 9.83. The largest absolute Gasteiger partial charge is 0.478 e. The van der Waals surface area contributed by atoms with Gasteiger partial charge in [-0.05, 0) is 91.8 Å². The van der Waals surface area contributed by atoms with Gasteiger partial charge in [0.1, 0.15) is 0 Å². The number of hydrogen-bond acceptors (Lipinski definition) is 1. The Labute approximate surface area is 147 Å². The molecular weight excluding hydrogens is 296 g/mol. The van der Waals surface area contributed by atoms with Crippen molar-refractivity contribution >= 4 is 5.97 Å². The van der Waals surface area contributed by atoms with E-state index in [1.54, 1.807) is 0 Å². The molecule has 0 radical (unpaired) electrons. The summed E-state index contributed by atoms with van der Waals surface area (Å²) >= 11 is 0. The molecule has 0 amide bonds. The number of aliphatic carboxylic acids is 1. The van der Waals surface area contributed by atoms with Crippen LogP contribution in [0.5, 0.6) is 0 Å². The number of allylic oxidation sites excluding steroid dienone is 1. The van der Waals surface area contributed by atoms with E-state index >= 15 is 0 Å². The van der Waals surface area contributed by atoms with Gasteiger partial charge in [0.25, 0.3) is 0 Å². The second-order valence-corrected chi connectivity index (χ2v) is 9.83. The monoisotopic (exact) mass is 330 g/mol. The molecule has 1 unspecified atom stereocenters. The molecule has 4 rings (SSSR count). The lowest BCUT2D eigenvalue weighted by Crippen LogP contribution is -2.52. The minimum Gasteiger partial charge on any atom is -0.478 e. The number of rotatable bonds is 2. The van der Waals surface area contributed by atoms with Gasteiger partial charge >= 0.3 is 5.97 Å². The van der Waals surface area contributed by atoms with Crippen LogP contribution in [0.1, 0.15) is 78.1 Å². The number of carboxylic acids is 1. The molecule has 1 N–H and O–H groups in total. The fourth-order valence-electron chi connectivity index (χ4n) is 7.85. The average Bonchev–Trinajstić information content (AvgIpc) is 2.89. The van der Waals surface area contributed by atoms with Crippen molar-refractivity contribution in [2.24, 2.45) is 40.4 Å². The zero-order chi connectivity index (χ0) is 16.9. The summed E-state index contributed by atoms with van der Waals surface area (Å²) in [5.74, 6) is 3.37. The Morgan fingerprint density at radius 1 is 0.917 bits per heavy atom. The van der Waals surface area contributed by atoms with Gasteiger partial charge in [-0.15, -0.1) is 0 Å². The Balaban J connectivity index is 1.58. The van der Waals surface area contributed by atoms with Gasteiger partial charge in [0.15, 0.2) is 0 Å². The first-order valence-corrected chi connectivity index (χ1v) is 10.4. The van der Waals surface area contributed by atoms with Crippen LogP contribution < -0.4 is 0 Å². The Kier molecular flexibility index (Phi) is 4.09. The van der Waals surface area contributed by atoms with E-state index in [1.165, 1.54) is 70.3 Å². The zero-order valence-corrected chi connectivity index (χ0v) is 15.5. The second kappa shape index (κ2) is 5.88. The Hall–Kier alpha value is -0.790. The predicted molar refractivity (Wildman–Crippen MR) is 96.6 cm³/mol. The maximum absolute atomic E-state index is 11.0. The normalized spacial score (nSPS) is 51.0. The highest BCUT2D eigenvalue weighted by Crippen LogP contribution is 2.67. The van der Waals surface area contributed by atoms with Gasteiger partial charge in [-0.1, -0.05) is 32.8 Å². The van der Waals surface area contributed by atoms with Gasteiger partial charge in [-0.2, -0.15) is 0 Å². The molecule has 0 aromatic heterocycles. The van der Waals surface area contributed by atoms with E-state index in [2.05, 4.69) is 13.8 Å². The molecule has 134 valence electrons. The summed E-state index contributed by atoms with van der Waals surface area (Å²) in [6, 6.07) is 0. The molecule has 0 aliphatic heterocycles. The molecule has 0 saturated heterocycles. The van der Waals surface area contributed by atoms with Crippen molar-refractivity contribution in [1.82, 2.24) is 0 Å². The van der Waals surface area contributed by atoms with Crippen LogP contribution in [0.4, 0.5) is 0 Å². The van der Waals surface area contributed by atoms with E-state index in [0.29, 0.717) is 16.7 Å². The molecule has 2 nitrogen and oxygen atoms in total. The maximum atomic E-state index is 11.0. The molecular formula is C22H34O2. The van der Waals surface area contributed by atoms with Crippen molar-refractivity contribution in [1.29, 1.82) is 0 Å². The summed E-state index contributed by atoms with van der Waals surface area (Å²) in [6.07, 6.45) is 17.4. The molecule has 0 aromatic carbocycles. The fraction of sp³-hybridized carbons (Fsp3) is 0.864. The van der Waals surface area contributed by atoms with Crippen molar-refractivity contribution in [3.05, 3.63) is 12.2 Å². The van der Waals surface area contributed by atoms with Gasteiger partial charge in [0, 0.05) is 6.08 Å². The van der Waals surface area contributed by atoms with E-state index in [-0.39, 0.29) is 0 Å². The third kappa shape index (κ3) is 2.39. The first kappa shape index (κ1) is 16.7. The summed E-state index contributed by atoms with van der Waals surface area (Å²) in [4.78, 5) is 11.0. The fourth-order valence-corrected chi connectivity index (χ4v) is 7.85. The van der Waals surface area contributed by atoms with E-state index in [0.717, 1.165) is 23.7 Å². The summed E-state index contributed by atoms with van der Waals surface area (Å²) in [7, 11) is 0. The van der Waals surface area contributed by atoms with E-state index < -0.39 is 5.97 Å². The Bertz CT molecular complexity index is 538. The van der Waals surface area contributed by atoms with Crippen LogP contribution in [0.2, 0.25) is 0 Å². The first-order chi connectivity index (χ1) is 11.4. The summed E-state index contributed by atoms with van der Waals surface area (Å²) in [5, 5.41) is 9.02. The lowest BCUT2D eigenvalue weighted by molar-refractivity contribution is -0.131. The van der Waals surface area contributed by atoms with Gasteiger partial charge in [-0.25, -0.2) is 4.79 Å². The van der Waals surface area contributed by atoms with Crippen molar-refractivity contribution in [2.45, 2.75) is 78.1 Å². The van der Waals surface area contributed by atoms with Crippen LogP contribution in [0.25, 0.3) is 0 Å². The highest BCUT2D eigenvalue weighted by molar-refractivity contribution is 5.79. The standard InChI is InChI=1S/C22H34O2/c1-21-13-4-3-5-15(21)6-9-17-18-10-7-16(8-11-20(23)24)22(18,2)14-12-19(17)21/h8,11,15-19H,3-7,9-10,12-14H2,1-2H3,(H,23,24)/t15?,16-,17+,18+,19+,21+,22-/m1/s1. The van der Waals surface area contributed by atoms with Gasteiger partial charge in [0.05, 0.1) is 0 Å². The van der Waals surface area contributed by atoms with Gasteiger partial charge < -0.3 is 5.11 Å². The van der Waals surface area contributed by atoms with Crippen LogP contribution >= 0.6 is 0 Å². The Morgan fingerprint density at radius 2 is 1.71 bits per heavy atom. The summed E-state index contributed by atoms with van der Waals surface area (Å²) < 4.78 is 0. The first-order valence-electron chi connectivity index (χ1n) is 10.4. The van der Waals surface area contributed by atoms with Crippen molar-refractivity contribution in [2.75, 3.05) is 0 Å². The minimum absolute atomic E-state index is 0.352. The molecule has 4 fully saturated rings. The molecule has 0 spiro atoms. The maximum Gasteiger partial charge on any atom is 0.327 e. The number of fused-ring (bicyclic) bond motifs is 5. The highest BCUT2D eigenvalue weighted by atomic mass is 16.4. The van der Waals surface area contributed by atoms with Crippen LogP contribution in [0, 0.1) is 40.4 Å². The molecule has 0 heterocycles. The van der Waals surface area contributed by atoms with E-state index in [4.69, 9.17) is 5.11 Å². The molecule has 0 aromatic rings. The van der Waals surface area contributed by atoms with Gasteiger partial charge in [-0.3, -0.25) is 0 Å². The van der Waals surface area contributed by atoms with E-state index in [9.17, 15) is 4.79 Å². The summed E-state index contributed by atoms with van der Waals surface area (Å²) in [5.41, 5.74) is 0.961. The zero-order valence-electron chi connectivity index (χ0n) is 15.5. The third-order valence-electron chi connectivity index (χ3n) is 9.13. The molecule has 24 heavy (non-hydrogen) atoms. The number of carbonyl (C=O) groups is 1. The summed E-state index contributed by atoms with van der Waals surface area (Å²) in [6.45, 7) is 5.11. The topological polar surface area (TPSA) is 37.3 Å². The van der Waals surface area contributed by atoms with Crippen LogP contribution in [-0.2, 0) is 4.79 Å². The smallest absolute Gasteiger partial charge is 0.327 e. The van der Waals surface area contributed by atoms with Crippen LogP contribution in [0.15, 0.2) is 12.2 Å². The lowest BCUT2D eigenvalue weighted by atomic mass is 9.45. The highest BCUT2D eigenvalue weighted by Gasteiger charge is 2.59. The quantitative estimate of drug-likeness (QED) is 0.662. The number of hydrogen-bond donors (Lipinski definition) is 1. The van der Waals surface area contributed by atoms with E-state index in [1.807, 2.05) is 6.08 Å². The van der Waals surface area contributed by atoms with Crippen LogP contribution in [0.3, 0.4) is 0 Å². The van der Waals surface area contributed by atoms with Gasteiger partial charge in [0.2, 0.25) is 0 Å². The van der Waals surface area contributed by atoms with Crippen molar-refractivity contribution < 1.29 is 9.90 Å². The molecule has 4 saturated carbocycles. The van der Waals surface area contributed by atoms with Crippen molar-refractivity contribution in [3.8, 4) is 0 Å². The molecule has 2 heteroatoms. The molecule has 4 aliphatic carbocycles. The lowest BCUT2D eigenvalue weighted by Gasteiger charge is -2.60.